The molecule has 0 radical (unpaired) electrons. The second-order valence-corrected chi connectivity index (χ2v) is 8.26. The van der Waals surface area contributed by atoms with E-state index in [9.17, 15) is 4.79 Å². The number of fused-ring (bicyclic) bond motifs is 1. The molecule has 1 saturated heterocycles. The van der Waals surface area contributed by atoms with Crippen molar-refractivity contribution in [1.82, 2.24) is 19.7 Å². The minimum atomic E-state index is -0.105. The van der Waals surface area contributed by atoms with Gasteiger partial charge >= 0.3 is 0 Å². The van der Waals surface area contributed by atoms with Gasteiger partial charge in [-0.3, -0.25) is 4.79 Å². The van der Waals surface area contributed by atoms with Crippen molar-refractivity contribution in [3.63, 3.8) is 0 Å². The molecule has 1 amide bonds. The number of halogens is 1. The smallest absolute Gasteiger partial charge is 0.229 e. The van der Waals surface area contributed by atoms with Crippen LogP contribution in [0.1, 0.15) is 38.4 Å². The lowest BCUT2D eigenvalue weighted by molar-refractivity contribution is -0.120. The van der Waals surface area contributed by atoms with Crippen LogP contribution in [0.4, 0.5) is 11.5 Å². The van der Waals surface area contributed by atoms with E-state index in [4.69, 9.17) is 16.6 Å². The summed E-state index contributed by atoms with van der Waals surface area (Å²) in [6, 6.07) is 9.47. The van der Waals surface area contributed by atoms with Gasteiger partial charge in [0.2, 0.25) is 5.91 Å². The quantitative estimate of drug-likeness (QED) is 0.701. The van der Waals surface area contributed by atoms with Gasteiger partial charge in [-0.1, -0.05) is 25.4 Å². The molecule has 3 heterocycles. The van der Waals surface area contributed by atoms with Gasteiger partial charge in [0.05, 0.1) is 17.0 Å². The van der Waals surface area contributed by atoms with Crippen LogP contribution in [0, 0.1) is 5.92 Å². The van der Waals surface area contributed by atoms with E-state index in [-0.39, 0.29) is 11.8 Å². The third kappa shape index (κ3) is 4.05. The van der Waals surface area contributed by atoms with Crippen LogP contribution in [0.5, 0.6) is 0 Å². The fourth-order valence-corrected chi connectivity index (χ4v) is 4.03. The van der Waals surface area contributed by atoms with Gasteiger partial charge in [-0.05, 0) is 43.2 Å². The van der Waals surface area contributed by atoms with Gasteiger partial charge < -0.3 is 14.8 Å². The molecule has 0 bridgehead atoms. The first-order chi connectivity index (χ1) is 13.9. The largest absolute Gasteiger partial charge is 0.354 e. The highest BCUT2D eigenvalue weighted by Gasteiger charge is 2.27. The maximum Gasteiger partial charge on any atom is 0.229 e. The first-order valence-corrected chi connectivity index (χ1v) is 10.3. The lowest BCUT2D eigenvalue weighted by atomic mass is 9.97. The number of rotatable bonds is 4. The third-order valence-corrected chi connectivity index (χ3v) is 5.64. The van der Waals surface area contributed by atoms with Crippen molar-refractivity contribution in [2.24, 2.45) is 13.0 Å². The normalized spacial score (nSPS) is 17.1. The van der Waals surface area contributed by atoms with Crippen molar-refractivity contribution in [2.45, 2.75) is 32.6 Å². The van der Waals surface area contributed by atoms with Crippen LogP contribution in [0.3, 0.4) is 0 Å². The van der Waals surface area contributed by atoms with E-state index < -0.39 is 0 Å². The minimum Gasteiger partial charge on any atom is -0.354 e. The van der Waals surface area contributed by atoms with Gasteiger partial charge in [-0.2, -0.15) is 0 Å². The molecule has 1 aromatic carbocycles. The second kappa shape index (κ2) is 7.99. The minimum absolute atomic E-state index is 0.0241. The Hall–Kier alpha value is -2.67. The topological polar surface area (TPSA) is 75.9 Å². The summed E-state index contributed by atoms with van der Waals surface area (Å²) in [4.78, 5) is 19.7. The molecule has 29 heavy (non-hydrogen) atoms. The Morgan fingerprint density at radius 3 is 2.79 bits per heavy atom. The van der Waals surface area contributed by atoms with E-state index in [0.717, 1.165) is 47.7 Å². The van der Waals surface area contributed by atoms with E-state index >= 15 is 0 Å². The van der Waals surface area contributed by atoms with Crippen molar-refractivity contribution in [2.75, 3.05) is 23.3 Å². The molecule has 2 aromatic heterocycles. The fourth-order valence-electron chi connectivity index (χ4n) is 3.93. The number of benzene rings is 1. The summed E-state index contributed by atoms with van der Waals surface area (Å²) in [5, 5.41) is 11.5. The Balaban J connectivity index is 1.47. The van der Waals surface area contributed by atoms with E-state index in [1.54, 1.807) is 6.07 Å². The number of nitrogens with zero attached hydrogens (tertiary/aromatic N) is 5. The van der Waals surface area contributed by atoms with Crippen molar-refractivity contribution in [1.29, 1.82) is 0 Å². The lowest BCUT2D eigenvalue weighted by Gasteiger charge is -2.32. The number of aryl methyl sites for hydroxylation is 1. The van der Waals surface area contributed by atoms with Gasteiger partial charge in [-0.25, -0.2) is 4.98 Å². The standard InChI is InChI=1S/C21H25ClN6O/c1-13(2)20-24-16-11-15(6-7-17(16)27(20)3)23-21(29)14-5-4-10-28(12-14)19-9-8-18(22)25-26-19/h6-9,11,13-14H,4-5,10,12H2,1-3H3,(H,23,29)/t14-/m0/s1. The number of piperidine rings is 1. The maximum atomic E-state index is 12.9. The highest BCUT2D eigenvalue weighted by molar-refractivity contribution is 6.29. The maximum absolute atomic E-state index is 12.9. The van der Waals surface area contributed by atoms with Crippen LogP contribution >= 0.6 is 11.6 Å². The first kappa shape index (κ1) is 19.6. The summed E-state index contributed by atoms with van der Waals surface area (Å²) in [6.07, 6.45) is 1.78. The molecule has 7 nitrogen and oxygen atoms in total. The number of amides is 1. The predicted molar refractivity (Wildman–Crippen MR) is 115 cm³/mol. The number of carbonyl (C=O) groups excluding carboxylic acids is 1. The zero-order valence-corrected chi connectivity index (χ0v) is 17.6. The number of nitrogens with one attached hydrogen (secondary N) is 1. The number of hydrogen-bond donors (Lipinski definition) is 1. The van der Waals surface area contributed by atoms with Gasteiger partial charge in [0, 0.05) is 31.7 Å². The van der Waals surface area contributed by atoms with E-state index in [2.05, 4.69) is 38.8 Å². The van der Waals surface area contributed by atoms with Crippen LogP contribution in [0.2, 0.25) is 5.15 Å². The zero-order valence-electron chi connectivity index (χ0n) is 16.9. The van der Waals surface area contributed by atoms with Crippen LogP contribution < -0.4 is 10.2 Å². The summed E-state index contributed by atoms with van der Waals surface area (Å²) in [5.41, 5.74) is 2.74. The summed E-state index contributed by atoms with van der Waals surface area (Å²) < 4.78 is 2.11. The molecule has 3 aromatic rings. The molecule has 1 aliphatic heterocycles. The van der Waals surface area contributed by atoms with Gasteiger partial charge in [-0.15, -0.1) is 10.2 Å². The predicted octanol–water partition coefficient (Wildman–Crippen LogP) is 4.00. The fraction of sp³-hybridized carbons (Fsp3) is 0.429. The van der Waals surface area contributed by atoms with E-state index in [1.165, 1.54) is 0 Å². The molecular formula is C21H25ClN6O. The summed E-state index contributed by atoms with van der Waals surface area (Å²) in [5.74, 6) is 2.05. The van der Waals surface area contributed by atoms with Crippen molar-refractivity contribution < 1.29 is 4.79 Å². The lowest BCUT2D eigenvalue weighted by Crippen LogP contribution is -2.41. The van der Waals surface area contributed by atoms with Crippen molar-refractivity contribution in [3.8, 4) is 0 Å². The zero-order chi connectivity index (χ0) is 20.5. The average Bonchev–Trinajstić information content (AvgIpc) is 3.05. The molecule has 1 atom stereocenters. The number of anilines is 2. The number of hydrogen-bond acceptors (Lipinski definition) is 5. The van der Waals surface area contributed by atoms with Crippen molar-refractivity contribution >= 4 is 40.0 Å². The molecular weight excluding hydrogens is 388 g/mol. The molecule has 1 aliphatic rings. The Kier molecular flexibility index (Phi) is 5.41. The van der Waals surface area contributed by atoms with Crippen LogP contribution in [0.25, 0.3) is 11.0 Å². The summed E-state index contributed by atoms with van der Waals surface area (Å²) in [7, 11) is 2.03. The Morgan fingerprint density at radius 2 is 2.07 bits per heavy atom. The van der Waals surface area contributed by atoms with Crippen LogP contribution in [-0.2, 0) is 11.8 Å². The average molecular weight is 413 g/mol. The van der Waals surface area contributed by atoms with Gasteiger partial charge in [0.15, 0.2) is 11.0 Å². The Morgan fingerprint density at radius 1 is 1.24 bits per heavy atom. The molecule has 152 valence electrons. The molecule has 1 N–H and O–H groups in total. The van der Waals surface area contributed by atoms with E-state index in [1.807, 2.05) is 31.3 Å². The third-order valence-electron chi connectivity index (χ3n) is 5.43. The summed E-state index contributed by atoms with van der Waals surface area (Å²) >= 11 is 5.83. The molecule has 8 heteroatoms. The highest BCUT2D eigenvalue weighted by atomic mass is 35.5. The second-order valence-electron chi connectivity index (χ2n) is 7.88. The highest BCUT2D eigenvalue weighted by Crippen LogP contribution is 2.26. The SMILES string of the molecule is CC(C)c1nc2cc(NC(=O)[C@H]3CCCN(c4ccc(Cl)nn4)C3)ccc2n1C. The number of imidazole rings is 1. The molecule has 0 aliphatic carbocycles. The molecule has 0 unspecified atom stereocenters. The van der Waals surface area contributed by atoms with Gasteiger partial charge in [0.1, 0.15) is 5.82 Å². The molecule has 0 saturated carbocycles. The van der Waals surface area contributed by atoms with Crippen LogP contribution in [-0.4, -0.2) is 38.7 Å². The van der Waals surface area contributed by atoms with Crippen molar-refractivity contribution in [3.05, 3.63) is 41.3 Å². The Bertz CT molecular complexity index is 1030. The summed E-state index contributed by atoms with van der Waals surface area (Å²) in [6.45, 7) is 5.73. The van der Waals surface area contributed by atoms with E-state index in [0.29, 0.717) is 17.6 Å². The van der Waals surface area contributed by atoms with Crippen LogP contribution in [0.15, 0.2) is 30.3 Å². The first-order valence-electron chi connectivity index (χ1n) is 9.94. The molecule has 1 fully saturated rings. The monoisotopic (exact) mass is 412 g/mol. The number of carbonyl (C=O) groups is 1. The molecule has 4 rings (SSSR count). The van der Waals surface area contributed by atoms with Gasteiger partial charge in [0.25, 0.3) is 0 Å². The number of aromatic nitrogens is 4. The Labute approximate surface area is 175 Å². The molecule has 0 spiro atoms.